The first kappa shape index (κ1) is 11.1. The van der Waals surface area contributed by atoms with E-state index >= 15 is 0 Å². The van der Waals surface area contributed by atoms with E-state index in [1.165, 1.54) is 4.90 Å². The Morgan fingerprint density at radius 1 is 1.60 bits per heavy atom. The van der Waals surface area contributed by atoms with E-state index in [4.69, 9.17) is 14.4 Å². The highest BCUT2D eigenvalue weighted by Crippen LogP contribution is 2.19. The van der Waals surface area contributed by atoms with Crippen molar-refractivity contribution < 1.29 is 13.9 Å². The normalized spacial score (nSPS) is 11.6. The highest BCUT2D eigenvalue weighted by Gasteiger charge is 2.20. The van der Waals surface area contributed by atoms with Crippen molar-refractivity contribution in [1.29, 1.82) is 5.26 Å². The summed E-state index contributed by atoms with van der Waals surface area (Å²) in [5.41, 5.74) is 0. The number of carbonyl (C=O) groups excluding carboxylic acids is 1. The summed E-state index contributed by atoms with van der Waals surface area (Å²) in [5, 5.41) is 8.81. The first-order valence-electron chi connectivity index (χ1n) is 4.38. The van der Waals surface area contributed by atoms with Gasteiger partial charge in [0.1, 0.15) is 11.8 Å². The summed E-state index contributed by atoms with van der Waals surface area (Å²) in [7, 11) is 3.09. The Labute approximate surface area is 87.8 Å². The van der Waals surface area contributed by atoms with Crippen LogP contribution in [0.5, 0.6) is 0 Å². The molecule has 1 heterocycles. The molecule has 1 amide bonds. The zero-order valence-corrected chi connectivity index (χ0v) is 8.85. The Morgan fingerprint density at radius 2 is 2.27 bits per heavy atom. The summed E-state index contributed by atoms with van der Waals surface area (Å²) in [4.78, 5) is 12.5. The molecule has 1 atom stereocenters. The summed E-state index contributed by atoms with van der Waals surface area (Å²) >= 11 is 0. The van der Waals surface area contributed by atoms with Gasteiger partial charge in [-0.05, 0) is 19.1 Å². The van der Waals surface area contributed by atoms with Gasteiger partial charge in [-0.3, -0.25) is 0 Å². The van der Waals surface area contributed by atoms with Crippen molar-refractivity contribution in [2.24, 2.45) is 0 Å². The zero-order valence-electron chi connectivity index (χ0n) is 8.85. The second-order valence-corrected chi connectivity index (χ2v) is 3.24. The van der Waals surface area contributed by atoms with Gasteiger partial charge >= 0.3 is 6.09 Å². The van der Waals surface area contributed by atoms with E-state index in [0.717, 1.165) is 0 Å². The highest BCUT2D eigenvalue weighted by molar-refractivity contribution is 5.67. The van der Waals surface area contributed by atoms with Gasteiger partial charge in [0, 0.05) is 14.1 Å². The van der Waals surface area contributed by atoms with Gasteiger partial charge < -0.3 is 14.1 Å². The van der Waals surface area contributed by atoms with E-state index in [1.54, 1.807) is 33.2 Å². The number of nitrogens with zero attached hydrogens (tertiary/aromatic N) is 2. The van der Waals surface area contributed by atoms with Gasteiger partial charge in [0.15, 0.2) is 5.76 Å². The van der Waals surface area contributed by atoms with Gasteiger partial charge in [0.05, 0.1) is 0 Å². The average Bonchev–Trinajstić information content (AvgIpc) is 2.60. The molecular formula is C10H12N2O3. The van der Waals surface area contributed by atoms with Crippen molar-refractivity contribution in [3.05, 3.63) is 23.7 Å². The molecular weight excluding hydrogens is 196 g/mol. The van der Waals surface area contributed by atoms with Crippen LogP contribution in [0.2, 0.25) is 0 Å². The lowest BCUT2D eigenvalue weighted by Crippen LogP contribution is -2.24. The maximum Gasteiger partial charge on any atom is 0.411 e. The minimum absolute atomic E-state index is 0.338. The van der Waals surface area contributed by atoms with E-state index in [9.17, 15) is 4.79 Å². The molecule has 0 N–H and O–H groups in total. The van der Waals surface area contributed by atoms with Crippen LogP contribution in [-0.4, -0.2) is 25.1 Å². The fourth-order valence-corrected chi connectivity index (χ4v) is 0.949. The van der Waals surface area contributed by atoms with E-state index in [0.29, 0.717) is 11.5 Å². The SMILES string of the molecule is Cc1ccc(C(C#N)OC(=O)N(C)C)o1. The predicted octanol–water partition coefficient (Wildman–Crippen LogP) is 1.85. The van der Waals surface area contributed by atoms with Crippen LogP contribution in [0.15, 0.2) is 16.5 Å². The summed E-state index contributed by atoms with van der Waals surface area (Å²) in [6.07, 6.45) is -1.57. The number of aryl methyl sites for hydroxylation is 1. The van der Waals surface area contributed by atoms with Gasteiger partial charge in [0.25, 0.3) is 0 Å². The summed E-state index contributed by atoms with van der Waals surface area (Å²) < 4.78 is 10.1. The zero-order chi connectivity index (χ0) is 11.4. The highest BCUT2D eigenvalue weighted by atomic mass is 16.6. The molecule has 0 spiro atoms. The molecule has 0 radical (unpaired) electrons. The molecule has 0 saturated carbocycles. The van der Waals surface area contributed by atoms with E-state index in [1.807, 2.05) is 6.07 Å². The molecule has 0 aromatic carbocycles. The van der Waals surface area contributed by atoms with Crippen molar-refractivity contribution in [2.75, 3.05) is 14.1 Å². The lowest BCUT2D eigenvalue weighted by molar-refractivity contribution is 0.0875. The number of rotatable bonds is 2. The number of hydrogen-bond acceptors (Lipinski definition) is 4. The van der Waals surface area contributed by atoms with E-state index in [-0.39, 0.29) is 0 Å². The van der Waals surface area contributed by atoms with Crippen molar-refractivity contribution in [1.82, 2.24) is 4.90 Å². The second kappa shape index (κ2) is 4.51. The molecule has 5 heteroatoms. The molecule has 80 valence electrons. The predicted molar refractivity (Wildman–Crippen MR) is 52.0 cm³/mol. The number of hydrogen-bond donors (Lipinski definition) is 0. The van der Waals surface area contributed by atoms with Crippen molar-refractivity contribution in [2.45, 2.75) is 13.0 Å². The number of carbonyl (C=O) groups is 1. The third-order valence-corrected chi connectivity index (χ3v) is 1.72. The molecule has 5 nitrogen and oxygen atoms in total. The third-order valence-electron chi connectivity index (χ3n) is 1.72. The van der Waals surface area contributed by atoms with E-state index in [2.05, 4.69) is 0 Å². The molecule has 1 aromatic rings. The van der Waals surface area contributed by atoms with Gasteiger partial charge in [-0.25, -0.2) is 4.79 Å². The van der Waals surface area contributed by atoms with Crippen LogP contribution in [0.25, 0.3) is 0 Å². The quantitative estimate of drug-likeness (QED) is 0.743. The number of ether oxygens (including phenoxy) is 1. The van der Waals surface area contributed by atoms with Crippen molar-refractivity contribution in [3.63, 3.8) is 0 Å². The maximum absolute atomic E-state index is 11.2. The van der Waals surface area contributed by atoms with Crippen molar-refractivity contribution in [3.8, 4) is 6.07 Å². The third kappa shape index (κ3) is 2.74. The Morgan fingerprint density at radius 3 is 2.67 bits per heavy atom. The summed E-state index contributed by atoms with van der Waals surface area (Å²) in [5.74, 6) is 1.01. The topological polar surface area (TPSA) is 66.5 Å². The molecule has 0 bridgehead atoms. The number of furan rings is 1. The van der Waals surface area contributed by atoms with Crippen LogP contribution in [-0.2, 0) is 4.74 Å². The Kier molecular flexibility index (Phi) is 3.34. The van der Waals surface area contributed by atoms with Crippen LogP contribution in [0.3, 0.4) is 0 Å². The Hall–Kier alpha value is -1.96. The van der Waals surface area contributed by atoms with Gasteiger partial charge in [-0.1, -0.05) is 0 Å². The summed E-state index contributed by atoms with van der Waals surface area (Å²) in [6.45, 7) is 1.76. The van der Waals surface area contributed by atoms with Crippen LogP contribution in [0.4, 0.5) is 4.79 Å². The minimum atomic E-state index is -0.992. The lowest BCUT2D eigenvalue weighted by atomic mass is 10.3. The molecule has 1 rings (SSSR count). The smallest absolute Gasteiger partial charge is 0.411 e. The van der Waals surface area contributed by atoms with Crippen LogP contribution >= 0.6 is 0 Å². The van der Waals surface area contributed by atoms with Gasteiger partial charge in [0.2, 0.25) is 6.10 Å². The first-order valence-corrected chi connectivity index (χ1v) is 4.38. The maximum atomic E-state index is 11.2. The molecule has 1 unspecified atom stereocenters. The molecule has 0 saturated heterocycles. The second-order valence-electron chi connectivity index (χ2n) is 3.24. The number of amides is 1. The molecule has 0 fully saturated rings. The largest absolute Gasteiger partial charge is 0.461 e. The first-order chi connectivity index (χ1) is 7.04. The number of nitriles is 1. The van der Waals surface area contributed by atoms with Gasteiger partial charge in [-0.15, -0.1) is 0 Å². The minimum Gasteiger partial charge on any atom is -0.461 e. The molecule has 0 aliphatic rings. The molecule has 0 aliphatic heterocycles. The van der Waals surface area contributed by atoms with Crippen LogP contribution in [0, 0.1) is 18.3 Å². The fourth-order valence-electron chi connectivity index (χ4n) is 0.949. The molecule has 0 aliphatic carbocycles. The fraction of sp³-hybridized carbons (Fsp3) is 0.400. The standard InChI is InChI=1S/C10H12N2O3/c1-7-4-5-8(14-7)9(6-11)15-10(13)12(2)3/h4-5,9H,1-3H3. The van der Waals surface area contributed by atoms with Gasteiger partial charge in [-0.2, -0.15) is 5.26 Å². The van der Waals surface area contributed by atoms with Crippen LogP contribution < -0.4 is 0 Å². The van der Waals surface area contributed by atoms with Crippen molar-refractivity contribution >= 4 is 6.09 Å². The van der Waals surface area contributed by atoms with Crippen LogP contribution in [0.1, 0.15) is 17.6 Å². The average molecular weight is 208 g/mol. The lowest BCUT2D eigenvalue weighted by Gasteiger charge is -2.13. The Bertz CT molecular complexity index is 390. The summed E-state index contributed by atoms with van der Waals surface area (Å²) in [6, 6.07) is 5.18. The monoisotopic (exact) mass is 208 g/mol. The Balaban J connectivity index is 2.74. The molecule has 15 heavy (non-hydrogen) atoms. The molecule has 1 aromatic heterocycles. The van der Waals surface area contributed by atoms with E-state index < -0.39 is 12.2 Å².